The second-order valence-electron chi connectivity index (χ2n) is 9.01. The average molecular weight is 473 g/mol. The second-order valence-corrected chi connectivity index (χ2v) is 9.89. The molecule has 4 aromatic rings. The van der Waals surface area contributed by atoms with Crippen molar-refractivity contribution in [3.63, 3.8) is 0 Å². The average Bonchev–Trinajstić information content (AvgIpc) is 3.28. The summed E-state index contributed by atoms with van der Waals surface area (Å²) in [5.41, 5.74) is 6.09. The topological polar surface area (TPSA) is 78.1 Å². The summed E-state index contributed by atoms with van der Waals surface area (Å²) < 4.78 is 0.629. The van der Waals surface area contributed by atoms with Gasteiger partial charge in [-0.05, 0) is 43.4 Å². The highest BCUT2D eigenvalue weighted by atomic mass is 32.1. The summed E-state index contributed by atoms with van der Waals surface area (Å²) in [6.45, 7) is 5.94. The van der Waals surface area contributed by atoms with Gasteiger partial charge in [-0.1, -0.05) is 54.1 Å². The zero-order chi connectivity index (χ0) is 23.7. The SMILES string of the molecule is Cc1ccc(-c2csc3c(=O)[nH]c(N4CCCC(C(=O)NCc5ccccc5C)C4)nc23)cc1. The van der Waals surface area contributed by atoms with Crippen LogP contribution in [0.2, 0.25) is 0 Å². The zero-order valence-corrected chi connectivity index (χ0v) is 20.2. The van der Waals surface area contributed by atoms with E-state index >= 15 is 0 Å². The van der Waals surface area contributed by atoms with Gasteiger partial charge in [-0.2, -0.15) is 0 Å². The minimum atomic E-state index is -0.141. The fourth-order valence-electron chi connectivity index (χ4n) is 4.52. The van der Waals surface area contributed by atoms with E-state index in [0.717, 1.165) is 41.6 Å². The van der Waals surface area contributed by atoms with Crippen molar-refractivity contribution in [2.24, 2.45) is 5.92 Å². The number of benzene rings is 2. The molecule has 1 aliphatic heterocycles. The number of aromatic nitrogens is 2. The Morgan fingerprint density at radius 1 is 1.18 bits per heavy atom. The molecule has 5 rings (SSSR count). The molecular weight excluding hydrogens is 444 g/mol. The molecule has 0 spiro atoms. The molecule has 1 amide bonds. The maximum Gasteiger partial charge on any atom is 0.270 e. The molecule has 2 aromatic heterocycles. The number of rotatable bonds is 5. The summed E-state index contributed by atoms with van der Waals surface area (Å²) >= 11 is 1.42. The zero-order valence-electron chi connectivity index (χ0n) is 19.4. The standard InChI is InChI=1S/C27H28N4O2S/c1-17-9-11-19(12-10-17)22-16-34-24-23(22)29-27(30-26(24)33)31-13-5-8-21(15-31)25(32)28-14-20-7-4-3-6-18(20)2/h3-4,6-7,9-12,16,21H,5,8,13-15H2,1-2H3,(H,28,32)(H,29,30,33). The van der Waals surface area contributed by atoms with Crippen molar-refractivity contribution in [2.75, 3.05) is 18.0 Å². The quantitative estimate of drug-likeness (QED) is 0.437. The molecule has 34 heavy (non-hydrogen) atoms. The van der Waals surface area contributed by atoms with Crippen molar-refractivity contribution >= 4 is 33.4 Å². The fraction of sp³-hybridized carbons (Fsp3) is 0.296. The molecule has 0 aliphatic carbocycles. The summed E-state index contributed by atoms with van der Waals surface area (Å²) in [4.78, 5) is 35.7. The Kier molecular flexibility index (Phi) is 6.20. The minimum Gasteiger partial charge on any atom is -0.352 e. The Morgan fingerprint density at radius 3 is 2.76 bits per heavy atom. The number of thiophene rings is 1. The largest absolute Gasteiger partial charge is 0.352 e. The van der Waals surface area contributed by atoms with Gasteiger partial charge in [0.05, 0.1) is 11.4 Å². The molecule has 1 fully saturated rings. The number of fused-ring (bicyclic) bond motifs is 1. The van der Waals surface area contributed by atoms with Crippen molar-refractivity contribution in [1.82, 2.24) is 15.3 Å². The first-order chi connectivity index (χ1) is 16.5. The van der Waals surface area contributed by atoms with Crippen molar-refractivity contribution in [3.05, 3.63) is 81.0 Å². The van der Waals surface area contributed by atoms with Gasteiger partial charge in [0.2, 0.25) is 11.9 Å². The van der Waals surface area contributed by atoms with E-state index in [0.29, 0.717) is 23.7 Å². The Bertz CT molecular complexity index is 1390. The molecule has 3 heterocycles. The lowest BCUT2D eigenvalue weighted by atomic mass is 9.97. The number of carbonyl (C=O) groups is 1. The first-order valence-electron chi connectivity index (χ1n) is 11.7. The molecule has 7 heteroatoms. The van der Waals surface area contributed by atoms with Crippen LogP contribution in [0, 0.1) is 19.8 Å². The van der Waals surface area contributed by atoms with Gasteiger partial charge in [0.15, 0.2) is 0 Å². The second kappa shape index (κ2) is 9.43. The molecule has 0 saturated carbocycles. The number of aryl methyl sites for hydroxylation is 2. The summed E-state index contributed by atoms with van der Waals surface area (Å²) in [6, 6.07) is 16.3. The number of anilines is 1. The van der Waals surface area contributed by atoms with Crippen LogP contribution >= 0.6 is 11.3 Å². The minimum absolute atomic E-state index is 0.0484. The van der Waals surface area contributed by atoms with Crippen LogP contribution in [-0.2, 0) is 11.3 Å². The third kappa shape index (κ3) is 4.48. The number of carbonyl (C=O) groups excluding carboxylic acids is 1. The Morgan fingerprint density at radius 2 is 1.97 bits per heavy atom. The smallest absolute Gasteiger partial charge is 0.270 e. The van der Waals surface area contributed by atoms with E-state index in [1.165, 1.54) is 22.5 Å². The monoisotopic (exact) mass is 472 g/mol. The summed E-state index contributed by atoms with van der Waals surface area (Å²) in [7, 11) is 0. The van der Waals surface area contributed by atoms with Crippen LogP contribution in [0.3, 0.4) is 0 Å². The highest BCUT2D eigenvalue weighted by Gasteiger charge is 2.27. The number of aromatic amines is 1. The molecule has 2 N–H and O–H groups in total. The van der Waals surface area contributed by atoms with Crippen LogP contribution in [0.5, 0.6) is 0 Å². The lowest BCUT2D eigenvalue weighted by molar-refractivity contribution is -0.125. The van der Waals surface area contributed by atoms with Crippen molar-refractivity contribution < 1.29 is 4.79 Å². The summed E-state index contributed by atoms with van der Waals surface area (Å²) in [5, 5.41) is 5.10. The number of amides is 1. The van der Waals surface area contributed by atoms with Crippen LogP contribution in [0.25, 0.3) is 21.3 Å². The van der Waals surface area contributed by atoms with Gasteiger partial charge < -0.3 is 10.2 Å². The van der Waals surface area contributed by atoms with Crippen molar-refractivity contribution in [1.29, 1.82) is 0 Å². The predicted molar refractivity (Wildman–Crippen MR) is 138 cm³/mol. The van der Waals surface area contributed by atoms with Gasteiger partial charge in [0.1, 0.15) is 4.70 Å². The van der Waals surface area contributed by atoms with Gasteiger partial charge in [-0.25, -0.2) is 4.98 Å². The molecule has 1 saturated heterocycles. The van der Waals surface area contributed by atoms with Crippen LogP contribution in [-0.4, -0.2) is 29.0 Å². The molecule has 174 valence electrons. The lowest BCUT2D eigenvalue weighted by Gasteiger charge is -2.32. The van der Waals surface area contributed by atoms with Gasteiger partial charge in [-0.15, -0.1) is 11.3 Å². The van der Waals surface area contributed by atoms with E-state index in [1.807, 2.05) is 28.5 Å². The van der Waals surface area contributed by atoms with Gasteiger partial charge in [0, 0.05) is 30.6 Å². The van der Waals surface area contributed by atoms with Crippen LogP contribution < -0.4 is 15.8 Å². The maximum absolute atomic E-state index is 12.9. The van der Waals surface area contributed by atoms with E-state index in [4.69, 9.17) is 4.98 Å². The number of H-pyrrole nitrogens is 1. The Balaban J connectivity index is 1.36. The number of nitrogens with zero attached hydrogens (tertiary/aromatic N) is 2. The highest BCUT2D eigenvalue weighted by molar-refractivity contribution is 7.17. The maximum atomic E-state index is 12.9. The molecule has 0 radical (unpaired) electrons. The predicted octanol–water partition coefficient (Wildman–Crippen LogP) is 4.80. The molecule has 1 unspecified atom stereocenters. The number of piperidine rings is 1. The van der Waals surface area contributed by atoms with Gasteiger partial charge >= 0.3 is 0 Å². The lowest BCUT2D eigenvalue weighted by Crippen LogP contribution is -2.44. The molecule has 1 atom stereocenters. The van der Waals surface area contributed by atoms with Crippen molar-refractivity contribution in [2.45, 2.75) is 33.2 Å². The van der Waals surface area contributed by atoms with Crippen molar-refractivity contribution in [3.8, 4) is 11.1 Å². The third-order valence-corrected chi connectivity index (χ3v) is 7.55. The molecule has 1 aliphatic rings. The van der Waals surface area contributed by atoms with Crippen LogP contribution in [0.1, 0.15) is 29.5 Å². The van der Waals surface area contributed by atoms with E-state index in [1.54, 1.807) is 0 Å². The molecule has 0 bridgehead atoms. The summed E-state index contributed by atoms with van der Waals surface area (Å²) in [6.07, 6.45) is 1.70. The van der Waals surface area contributed by atoms with Crippen LogP contribution in [0.15, 0.2) is 58.7 Å². The van der Waals surface area contributed by atoms with Gasteiger partial charge in [-0.3, -0.25) is 14.6 Å². The fourth-order valence-corrected chi connectivity index (χ4v) is 5.43. The van der Waals surface area contributed by atoms with E-state index < -0.39 is 0 Å². The normalized spacial score (nSPS) is 16.1. The van der Waals surface area contributed by atoms with E-state index in [9.17, 15) is 9.59 Å². The molecule has 2 aromatic carbocycles. The highest BCUT2D eigenvalue weighted by Crippen LogP contribution is 2.32. The number of hydrogen-bond acceptors (Lipinski definition) is 5. The number of nitrogens with one attached hydrogen (secondary N) is 2. The summed E-state index contributed by atoms with van der Waals surface area (Å²) in [5.74, 6) is 0.450. The number of hydrogen-bond donors (Lipinski definition) is 2. The Labute approximate surface area is 202 Å². The first-order valence-corrected chi connectivity index (χ1v) is 12.5. The molecular formula is C27H28N4O2S. The Hall–Kier alpha value is -3.45. The molecule has 6 nitrogen and oxygen atoms in total. The van der Waals surface area contributed by atoms with E-state index in [-0.39, 0.29) is 17.4 Å². The first kappa shape index (κ1) is 22.3. The third-order valence-electron chi connectivity index (χ3n) is 6.58. The van der Waals surface area contributed by atoms with Crippen LogP contribution in [0.4, 0.5) is 5.95 Å². The van der Waals surface area contributed by atoms with E-state index in [2.05, 4.69) is 54.5 Å². The van der Waals surface area contributed by atoms with Gasteiger partial charge in [0.25, 0.3) is 5.56 Å².